The third kappa shape index (κ3) is 2.96. The van der Waals surface area contributed by atoms with Crippen molar-refractivity contribution in [1.82, 2.24) is 0 Å². The highest BCUT2D eigenvalue weighted by atomic mass is 35.5. The molecule has 0 spiro atoms. The quantitative estimate of drug-likeness (QED) is 0.585. The molecule has 0 saturated heterocycles. The molecule has 82 valence electrons. The maximum atomic E-state index is 12.0. The minimum absolute atomic E-state index is 0.0394. The van der Waals surface area contributed by atoms with Crippen LogP contribution < -0.4 is 0 Å². The number of alkyl halides is 2. The number of halogens is 2. The summed E-state index contributed by atoms with van der Waals surface area (Å²) < 4.78 is 0. The number of hydrogen-bond donors (Lipinski definition) is 0. The van der Waals surface area contributed by atoms with Crippen molar-refractivity contribution in [3.8, 4) is 0 Å². The lowest BCUT2D eigenvalue weighted by atomic mass is 9.96. The van der Waals surface area contributed by atoms with E-state index in [1.165, 1.54) is 0 Å². The van der Waals surface area contributed by atoms with E-state index < -0.39 is 0 Å². The smallest absolute Gasteiger partial charge is 0.168 e. The van der Waals surface area contributed by atoms with Crippen molar-refractivity contribution in [3.05, 3.63) is 34.9 Å². The van der Waals surface area contributed by atoms with E-state index in [4.69, 9.17) is 23.2 Å². The van der Waals surface area contributed by atoms with E-state index in [1.54, 1.807) is 0 Å². The second-order valence-electron chi connectivity index (χ2n) is 3.69. The standard InChI is InChI=1S/C12H14Cl2O/c1-8-3-4-11(9(2)5-8)12(15)10(6-13)7-14/h3-5,10H,6-7H2,1-2H3. The number of carbonyl (C=O) groups excluding carboxylic acids is 1. The van der Waals surface area contributed by atoms with Gasteiger partial charge in [-0.05, 0) is 19.4 Å². The predicted octanol–water partition coefficient (Wildman–Crippen LogP) is 3.58. The van der Waals surface area contributed by atoms with Crippen molar-refractivity contribution in [2.45, 2.75) is 13.8 Å². The molecule has 0 atom stereocenters. The first-order chi connectivity index (χ1) is 7.10. The van der Waals surface area contributed by atoms with Crippen LogP contribution in [0, 0.1) is 19.8 Å². The maximum Gasteiger partial charge on any atom is 0.168 e. The van der Waals surface area contributed by atoms with Crippen molar-refractivity contribution in [2.24, 2.45) is 5.92 Å². The Hall–Kier alpha value is -0.530. The average molecular weight is 245 g/mol. The average Bonchev–Trinajstić information content (AvgIpc) is 2.19. The van der Waals surface area contributed by atoms with Crippen LogP contribution in [-0.2, 0) is 0 Å². The van der Waals surface area contributed by atoms with Crippen molar-refractivity contribution >= 4 is 29.0 Å². The molecule has 1 nitrogen and oxygen atoms in total. The molecule has 15 heavy (non-hydrogen) atoms. The van der Waals surface area contributed by atoms with Gasteiger partial charge in [-0.3, -0.25) is 4.79 Å². The Labute approximate surface area is 100 Å². The molecule has 0 aliphatic rings. The molecule has 0 bridgehead atoms. The molecule has 1 aromatic carbocycles. The van der Waals surface area contributed by atoms with Gasteiger partial charge in [0, 0.05) is 23.2 Å². The Morgan fingerprint density at radius 1 is 1.27 bits per heavy atom. The van der Waals surface area contributed by atoms with Gasteiger partial charge in [0.15, 0.2) is 5.78 Å². The molecule has 0 aliphatic carbocycles. The maximum absolute atomic E-state index is 12.0. The van der Waals surface area contributed by atoms with E-state index >= 15 is 0 Å². The second-order valence-corrected chi connectivity index (χ2v) is 4.31. The van der Waals surface area contributed by atoms with E-state index in [0.717, 1.165) is 16.7 Å². The summed E-state index contributed by atoms with van der Waals surface area (Å²) in [6, 6.07) is 5.77. The topological polar surface area (TPSA) is 17.1 Å². The first-order valence-corrected chi connectivity index (χ1v) is 5.90. The van der Waals surface area contributed by atoms with Crippen molar-refractivity contribution in [1.29, 1.82) is 0 Å². The van der Waals surface area contributed by atoms with Gasteiger partial charge < -0.3 is 0 Å². The van der Waals surface area contributed by atoms with Gasteiger partial charge in [0.05, 0.1) is 0 Å². The van der Waals surface area contributed by atoms with Crippen molar-refractivity contribution < 1.29 is 4.79 Å². The molecule has 1 rings (SSSR count). The minimum atomic E-state index is -0.283. The third-order valence-electron chi connectivity index (χ3n) is 2.39. The number of carbonyl (C=O) groups is 1. The monoisotopic (exact) mass is 244 g/mol. The van der Waals surface area contributed by atoms with Gasteiger partial charge >= 0.3 is 0 Å². The second kappa shape index (κ2) is 5.53. The fourth-order valence-corrected chi connectivity index (χ4v) is 2.10. The largest absolute Gasteiger partial charge is 0.294 e. The number of Topliss-reactive ketones (excluding diaryl/α,β-unsaturated/α-hetero) is 1. The van der Waals surface area contributed by atoms with Gasteiger partial charge in [-0.2, -0.15) is 0 Å². The zero-order valence-electron chi connectivity index (χ0n) is 8.89. The molecule has 0 aliphatic heterocycles. The molecule has 0 saturated carbocycles. The minimum Gasteiger partial charge on any atom is -0.294 e. The molecule has 0 unspecified atom stereocenters. The van der Waals surface area contributed by atoms with Crippen molar-refractivity contribution in [2.75, 3.05) is 11.8 Å². The van der Waals surface area contributed by atoms with Gasteiger partial charge in [-0.25, -0.2) is 0 Å². The highest BCUT2D eigenvalue weighted by Crippen LogP contribution is 2.17. The normalized spacial score (nSPS) is 10.7. The lowest BCUT2D eigenvalue weighted by Crippen LogP contribution is -2.19. The summed E-state index contributed by atoms with van der Waals surface area (Å²) in [7, 11) is 0. The van der Waals surface area contributed by atoms with Crippen LogP contribution in [0.1, 0.15) is 21.5 Å². The predicted molar refractivity (Wildman–Crippen MR) is 65.2 cm³/mol. The van der Waals surface area contributed by atoms with E-state index in [-0.39, 0.29) is 23.5 Å². The molecular formula is C12H14Cl2O. The molecule has 0 amide bonds. The van der Waals surface area contributed by atoms with E-state index in [9.17, 15) is 4.79 Å². The number of aryl methyl sites for hydroxylation is 2. The molecule has 0 aromatic heterocycles. The first kappa shape index (κ1) is 12.5. The summed E-state index contributed by atoms with van der Waals surface area (Å²) in [5.41, 5.74) is 2.87. The highest BCUT2D eigenvalue weighted by molar-refractivity contribution is 6.24. The van der Waals surface area contributed by atoms with Crippen LogP contribution >= 0.6 is 23.2 Å². The van der Waals surface area contributed by atoms with Gasteiger partial charge in [0.25, 0.3) is 0 Å². The lowest BCUT2D eigenvalue weighted by molar-refractivity contribution is 0.0942. The van der Waals surface area contributed by atoms with Crippen LogP contribution in [0.25, 0.3) is 0 Å². The van der Waals surface area contributed by atoms with Crippen LogP contribution in [0.3, 0.4) is 0 Å². The Morgan fingerprint density at radius 2 is 1.87 bits per heavy atom. The molecular weight excluding hydrogens is 231 g/mol. The first-order valence-electron chi connectivity index (χ1n) is 4.83. The number of benzene rings is 1. The van der Waals surface area contributed by atoms with E-state index in [2.05, 4.69) is 0 Å². The van der Waals surface area contributed by atoms with E-state index in [1.807, 2.05) is 32.0 Å². The number of ketones is 1. The Balaban J connectivity index is 3.00. The highest BCUT2D eigenvalue weighted by Gasteiger charge is 2.19. The summed E-state index contributed by atoms with van der Waals surface area (Å²) in [6.07, 6.45) is 0. The summed E-state index contributed by atoms with van der Waals surface area (Å²) in [6.45, 7) is 3.93. The molecule has 0 radical (unpaired) electrons. The van der Waals surface area contributed by atoms with Crippen molar-refractivity contribution in [3.63, 3.8) is 0 Å². The van der Waals surface area contributed by atoms with Crippen LogP contribution in [0.15, 0.2) is 18.2 Å². The summed E-state index contributed by atoms with van der Waals surface area (Å²) in [5.74, 6) is 0.304. The van der Waals surface area contributed by atoms with Gasteiger partial charge in [0.2, 0.25) is 0 Å². The number of rotatable bonds is 4. The van der Waals surface area contributed by atoms with Gasteiger partial charge in [0.1, 0.15) is 0 Å². The Kier molecular flexibility index (Phi) is 4.62. The van der Waals surface area contributed by atoms with Gasteiger partial charge in [-0.15, -0.1) is 23.2 Å². The molecule has 0 N–H and O–H groups in total. The van der Waals surface area contributed by atoms with Crippen LogP contribution in [0.2, 0.25) is 0 Å². The molecule has 1 aromatic rings. The fourth-order valence-electron chi connectivity index (χ4n) is 1.49. The molecule has 0 fully saturated rings. The SMILES string of the molecule is Cc1ccc(C(=O)C(CCl)CCl)c(C)c1. The third-order valence-corrected chi connectivity index (χ3v) is 3.14. The molecule has 3 heteroatoms. The fraction of sp³-hybridized carbons (Fsp3) is 0.417. The van der Waals surface area contributed by atoms with Crippen LogP contribution in [0.4, 0.5) is 0 Å². The Morgan fingerprint density at radius 3 is 2.33 bits per heavy atom. The van der Waals surface area contributed by atoms with E-state index in [0.29, 0.717) is 0 Å². The zero-order chi connectivity index (χ0) is 11.4. The summed E-state index contributed by atoms with van der Waals surface area (Å²) in [4.78, 5) is 12.0. The number of hydrogen-bond acceptors (Lipinski definition) is 1. The lowest BCUT2D eigenvalue weighted by Gasteiger charge is -2.11. The van der Waals surface area contributed by atoms with Crippen LogP contribution in [0.5, 0.6) is 0 Å². The van der Waals surface area contributed by atoms with Gasteiger partial charge in [-0.1, -0.05) is 23.8 Å². The zero-order valence-corrected chi connectivity index (χ0v) is 10.4. The van der Waals surface area contributed by atoms with Crippen LogP contribution in [-0.4, -0.2) is 17.5 Å². The Bertz CT molecular complexity index is 357. The summed E-state index contributed by atoms with van der Waals surface area (Å²) >= 11 is 11.4. The molecule has 0 heterocycles. The summed E-state index contributed by atoms with van der Waals surface area (Å²) in [5, 5.41) is 0.